The van der Waals surface area contributed by atoms with Crippen molar-refractivity contribution in [1.82, 2.24) is 9.55 Å². The number of hydrogen-bond donors (Lipinski definition) is 1. The molecule has 1 heterocycles. The summed E-state index contributed by atoms with van der Waals surface area (Å²) in [6.45, 7) is 7.77. The highest BCUT2D eigenvalue weighted by Crippen LogP contribution is 2.23. The van der Waals surface area contributed by atoms with Crippen LogP contribution in [0.25, 0.3) is 0 Å². The van der Waals surface area contributed by atoms with E-state index in [1.54, 1.807) is 0 Å². The number of rotatable bonds is 4. The lowest BCUT2D eigenvalue weighted by molar-refractivity contribution is 0.296. The fourth-order valence-corrected chi connectivity index (χ4v) is 1.24. The van der Waals surface area contributed by atoms with E-state index in [1.165, 1.54) is 6.42 Å². The van der Waals surface area contributed by atoms with Crippen LogP contribution in [-0.2, 0) is 6.54 Å². The minimum absolute atomic E-state index is 0.340. The van der Waals surface area contributed by atoms with Crippen LogP contribution in [-0.4, -0.2) is 16.6 Å². The molecule has 13 heavy (non-hydrogen) atoms. The molecule has 0 aliphatic heterocycles. The Labute approximate surface area is 80.2 Å². The zero-order valence-corrected chi connectivity index (χ0v) is 8.96. The number of nitrogens with zero attached hydrogens (tertiary/aromatic N) is 2. The minimum atomic E-state index is 0.340. The van der Waals surface area contributed by atoms with Crippen LogP contribution in [0.1, 0.15) is 27.2 Å². The van der Waals surface area contributed by atoms with Gasteiger partial charge < -0.3 is 9.88 Å². The zero-order chi connectivity index (χ0) is 9.90. The van der Waals surface area contributed by atoms with Crippen molar-refractivity contribution in [2.24, 2.45) is 5.41 Å². The summed E-state index contributed by atoms with van der Waals surface area (Å²) >= 11 is 0. The predicted octanol–water partition coefficient (Wildman–Crippen LogP) is 2.36. The van der Waals surface area contributed by atoms with Gasteiger partial charge in [0.25, 0.3) is 0 Å². The Morgan fingerprint density at radius 2 is 2.23 bits per heavy atom. The quantitative estimate of drug-likeness (QED) is 0.772. The molecule has 1 aromatic heterocycles. The number of anilines is 1. The van der Waals surface area contributed by atoms with E-state index in [9.17, 15) is 0 Å². The second kappa shape index (κ2) is 3.81. The van der Waals surface area contributed by atoms with Crippen molar-refractivity contribution in [3.63, 3.8) is 0 Å². The molecule has 0 spiro atoms. The van der Waals surface area contributed by atoms with Crippen molar-refractivity contribution < 1.29 is 0 Å². The molecule has 0 fully saturated rings. The van der Waals surface area contributed by atoms with E-state index in [1.807, 2.05) is 19.4 Å². The highest BCUT2D eigenvalue weighted by molar-refractivity contribution is 5.24. The molecule has 74 valence electrons. The van der Waals surface area contributed by atoms with Crippen LogP contribution in [0, 0.1) is 5.41 Å². The lowest BCUT2D eigenvalue weighted by atomic mass is 9.90. The third kappa shape index (κ3) is 2.47. The van der Waals surface area contributed by atoms with Crippen LogP contribution in [0.2, 0.25) is 0 Å². The van der Waals surface area contributed by atoms with Crippen molar-refractivity contribution >= 4 is 5.95 Å². The van der Waals surface area contributed by atoms with E-state index in [2.05, 4.69) is 35.6 Å². The maximum Gasteiger partial charge on any atom is 0.202 e. The highest BCUT2D eigenvalue weighted by Gasteiger charge is 2.16. The van der Waals surface area contributed by atoms with Crippen LogP contribution in [0.4, 0.5) is 5.95 Å². The Hall–Kier alpha value is -0.990. The molecular weight excluding hydrogens is 162 g/mol. The van der Waals surface area contributed by atoms with Gasteiger partial charge in [0.15, 0.2) is 0 Å². The third-order valence-electron chi connectivity index (χ3n) is 2.49. The molecule has 1 rings (SSSR count). The summed E-state index contributed by atoms with van der Waals surface area (Å²) in [5.41, 5.74) is 0.340. The summed E-state index contributed by atoms with van der Waals surface area (Å²) < 4.78 is 2.16. The zero-order valence-electron chi connectivity index (χ0n) is 8.96. The summed E-state index contributed by atoms with van der Waals surface area (Å²) in [4.78, 5) is 4.20. The van der Waals surface area contributed by atoms with Gasteiger partial charge in [0.1, 0.15) is 0 Å². The van der Waals surface area contributed by atoms with Gasteiger partial charge in [-0.1, -0.05) is 20.8 Å². The molecule has 1 N–H and O–H groups in total. The number of hydrogen-bond acceptors (Lipinski definition) is 2. The Balaban J connectivity index is 2.73. The van der Waals surface area contributed by atoms with Crippen molar-refractivity contribution in [1.29, 1.82) is 0 Å². The van der Waals surface area contributed by atoms with Crippen LogP contribution in [0.5, 0.6) is 0 Å². The number of imidazole rings is 1. The maximum atomic E-state index is 4.20. The summed E-state index contributed by atoms with van der Waals surface area (Å²) in [5.74, 6) is 0.946. The summed E-state index contributed by atoms with van der Waals surface area (Å²) in [7, 11) is 1.90. The van der Waals surface area contributed by atoms with Crippen molar-refractivity contribution in [2.75, 3.05) is 12.4 Å². The molecule has 0 unspecified atom stereocenters. The first-order chi connectivity index (χ1) is 6.09. The standard InChI is InChI=1S/C10H19N3/c1-5-10(2,3)8-13-7-6-12-9(13)11-4/h6-7H,5,8H2,1-4H3,(H,11,12). The third-order valence-corrected chi connectivity index (χ3v) is 2.49. The number of aromatic nitrogens is 2. The molecule has 0 atom stereocenters. The van der Waals surface area contributed by atoms with Crippen molar-refractivity contribution in [3.8, 4) is 0 Å². The predicted molar refractivity (Wildman–Crippen MR) is 55.8 cm³/mol. The van der Waals surface area contributed by atoms with Crippen LogP contribution in [0.3, 0.4) is 0 Å². The van der Waals surface area contributed by atoms with E-state index in [0.717, 1.165) is 12.5 Å². The molecule has 3 heteroatoms. The first kappa shape index (κ1) is 10.1. The van der Waals surface area contributed by atoms with Gasteiger partial charge in [0, 0.05) is 26.0 Å². The Kier molecular flexibility index (Phi) is 2.96. The SMILES string of the molecule is CCC(C)(C)Cn1ccnc1NC. The monoisotopic (exact) mass is 181 g/mol. The maximum absolute atomic E-state index is 4.20. The number of nitrogens with one attached hydrogen (secondary N) is 1. The molecule has 0 saturated heterocycles. The van der Waals surface area contributed by atoms with Gasteiger partial charge in [-0.3, -0.25) is 0 Å². The van der Waals surface area contributed by atoms with Crippen molar-refractivity contribution in [3.05, 3.63) is 12.4 Å². The second-order valence-corrected chi connectivity index (χ2v) is 4.15. The summed E-state index contributed by atoms with van der Waals surface area (Å²) in [6, 6.07) is 0. The van der Waals surface area contributed by atoms with Gasteiger partial charge in [-0.15, -0.1) is 0 Å². The lowest BCUT2D eigenvalue weighted by Gasteiger charge is -2.23. The molecule has 0 radical (unpaired) electrons. The molecule has 0 bridgehead atoms. The van der Waals surface area contributed by atoms with E-state index in [0.29, 0.717) is 5.41 Å². The smallest absolute Gasteiger partial charge is 0.202 e. The summed E-state index contributed by atoms with van der Waals surface area (Å²) in [5, 5.41) is 3.07. The highest BCUT2D eigenvalue weighted by atomic mass is 15.2. The Bertz CT molecular complexity index is 263. The van der Waals surface area contributed by atoms with Gasteiger partial charge in [-0.2, -0.15) is 0 Å². The largest absolute Gasteiger partial charge is 0.359 e. The van der Waals surface area contributed by atoms with E-state index >= 15 is 0 Å². The van der Waals surface area contributed by atoms with Crippen molar-refractivity contribution in [2.45, 2.75) is 33.7 Å². The summed E-state index contributed by atoms with van der Waals surface area (Å²) in [6.07, 6.45) is 5.02. The van der Waals surface area contributed by atoms with Crippen LogP contribution < -0.4 is 5.32 Å². The molecule has 1 aromatic rings. The fourth-order valence-electron chi connectivity index (χ4n) is 1.24. The van der Waals surface area contributed by atoms with E-state index < -0.39 is 0 Å². The topological polar surface area (TPSA) is 29.9 Å². The molecule has 0 saturated carbocycles. The molecular formula is C10H19N3. The molecule has 0 amide bonds. The first-order valence-corrected chi connectivity index (χ1v) is 4.78. The van der Waals surface area contributed by atoms with Gasteiger partial charge >= 0.3 is 0 Å². The molecule has 0 aliphatic carbocycles. The fraction of sp³-hybridized carbons (Fsp3) is 0.700. The van der Waals surface area contributed by atoms with Gasteiger partial charge in [-0.25, -0.2) is 4.98 Å². The van der Waals surface area contributed by atoms with E-state index in [-0.39, 0.29) is 0 Å². The minimum Gasteiger partial charge on any atom is -0.359 e. The van der Waals surface area contributed by atoms with Crippen LogP contribution in [0.15, 0.2) is 12.4 Å². The second-order valence-electron chi connectivity index (χ2n) is 4.15. The van der Waals surface area contributed by atoms with Crippen LogP contribution >= 0.6 is 0 Å². The average Bonchev–Trinajstić information content (AvgIpc) is 2.51. The molecule has 0 aromatic carbocycles. The van der Waals surface area contributed by atoms with Gasteiger partial charge in [-0.05, 0) is 11.8 Å². The Morgan fingerprint density at radius 1 is 1.54 bits per heavy atom. The van der Waals surface area contributed by atoms with Gasteiger partial charge in [0.2, 0.25) is 5.95 Å². The van der Waals surface area contributed by atoms with E-state index in [4.69, 9.17) is 0 Å². The molecule has 0 aliphatic rings. The lowest BCUT2D eigenvalue weighted by Crippen LogP contribution is -2.19. The van der Waals surface area contributed by atoms with Gasteiger partial charge in [0.05, 0.1) is 0 Å². The Morgan fingerprint density at radius 3 is 2.77 bits per heavy atom. The first-order valence-electron chi connectivity index (χ1n) is 4.78. The normalized spacial score (nSPS) is 11.7. The average molecular weight is 181 g/mol. The molecule has 3 nitrogen and oxygen atoms in total.